The molecule has 0 aliphatic heterocycles. The van der Waals surface area contributed by atoms with Gasteiger partial charge in [-0.05, 0) is 63.0 Å². The minimum Gasteiger partial charge on any atom is -0.236 e. The van der Waals surface area contributed by atoms with Crippen LogP contribution in [-0.4, -0.2) is 19.9 Å². The van der Waals surface area contributed by atoms with E-state index in [1.54, 1.807) is 11.3 Å². The second kappa shape index (κ2) is 12.5. The fourth-order valence-electron chi connectivity index (χ4n) is 7.58. The molecule has 0 fully saturated rings. The average Bonchev–Trinajstić information content (AvgIpc) is 3.83. The van der Waals surface area contributed by atoms with Gasteiger partial charge in [0.05, 0.1) is 10.2 Å². The summed E-state index contributed by atoms with van der Waals surface area (Å²) in [7, 11) is 0. The Bertz CT molecular complexity index is 3220. The normalized spacial score (nSPS) is 11.7. The zero-order chi connectivity index (χ0) is 35.6. The molecule has 0 aliphatic rings. The molecule has 11 aromatic rings. The monoisotopic (exact) mass is 724 g/mol. The van der Waals surface area contributed by atoms with Gasteiger partial charge in [0.2, 0.25) is 0 Å². The molecule has 0 spiro atoms. The highest BCUT2D eigenvalue weighted by Crippen LogP contribution is 2.45. The number of aromatic nitrogens is 4. The van der Waals surface area contributed by atoms with Gasteiger partial charge in [-0.1, -0.05) is 140 Å². The predicted octanol–water partition coefficient (Wildman–Crippen LogP) is 13.5. The number of hydrogen-bond donors (Lipinski definition) is 0. The van der Waals surface area contributed by atoms with Crippen LogP contribution in [0.5, 0.6) is 0 Å². The Labute approximate surface area is 318 Å². The standard InChI is InChI=1S/C48H28N4S2/c1-3-13-30(14-4-1)45-50-46(33-23-22-29-12-7-8-17-32(29)26-33)52-47(51-45)38-25-24-36(34-18-9-10-19-35(34)38)37-20-11-21-41-44(37)39-27-40-43(28-42(39)53-41)54-48(49-40)31-15-5-2-6-16-31/h1-28H. The third-order valence-corrected chi connectivity index (χ3v) is 12.3. The number of fused-ring (bicyclic) bond motifs is 6. The van der Waals surface area contributed by atoms with E-state index in [9.17, 15) is 0 Å². The molecule has 0 atom stereocenters. The Morgan fingerprint density at radius 2 is 1.00 bits per heavy atom. The zero-order valence-corrected chi connectivity index (χ0v) is 30.4. The molecule has 4 nitrogen and oxygen atoms in total. The number of hydrogen-bond acceptors (Lipinski definition) is 6. The van der Waals surface area contributed by atoms with Crippen LogP contribution >= 0.6 is 22.7 Å². The second-order valence-electron chi connectivity index (χ2n) is 13.4. The van der Waals surface area contributed by atoms with Gasteiger partial charge in [-0.2, -0.15) is 0 Å². The molecule has 0 bridgehead atoms. The van der Waals surface area contributed by atoms with Crippen LogP contribution in [0.2, 0.25) is 0 Å². The van der Waals surface area contributed by atoms with Gasteiger partial charge in [0.25, 0.3) is 0 Å². The molecule has 0 saturated carbocycles. The van der Waals surface area contributed by atoms with Crippen LogP contribution in [0.4, 0.5) is 0 Å². The van der Waals surface area contributed by atoms with E-state index in [1.807, 2.05) is 35.6 Å². The Morgan fingerprint density at radius 1 is 0.333 bits per heavy atom. The molecular formula is C48H28N4S2. The molecule has 0 radical (unpaired) electrons. The van der Waals surface area contributed by atoms with E-state index in [2.05, 4.69) is 146 Å². The maximum Gasteiger partial charge on any atom is 0.164 e. The molecular weight excluding hydrogens is 697 g/mol. The van der Waals surface area contributed by atoms with Gasteiger partial charge in [0.15, 0.2) is 17.5 Å². The van der Waals surface area contributed by atoms with Crippen LogP contribution in [0.25, 0.3) is 108 Å². The van der Waals surface area contributed by atoms with Crippen molar-refractivity contribution in [3.63, 3.8) is 0 Å². The first-order valence-corrected chi connectivity index (χ1v) is 19.5. The Kier molecular flexibility index (Phi) is 7.18. The SMILES string of the molecule is c1ccc(-c2nc(-c3ccc4ccccc4c3)nc(-c3ccc(-c4cccc5sc6cc7sc(-c8ccccc8)nc7cc6c45)c4ccccc34)n2)cc1. The summed E-state index contributed by atoms with van der Waals surface area (Å²) < 4.78 is 3.75. The van der Waals surface area contributed by atoms with Crippen LogP contribution in [0.1, 0.15) is 0 Å². The lowest BCUT2D eigenvalue weighted by molar-refractivity contribution is 1.08. The third-order valence-electron chi connectivity index (χ3n) is 10.2. The van der Waals surface area contributed by atoms with Crippen LogP contribution in [0.15, 0.2) is 170 Å². The fourth-order valence-corrected chi connectivity index (χ4v) is 9.80. The smallest absolute Gasteiger partial charge is 0.164 e. The summed E-state index contributed by atoms with van der Waals surface area (Å²) in [6, 6.07) is 59.7. The minimum atomic E-state index is 0.647. The van der Waals surface area contributed by atoms with Crippen LogP contribution in [0, 0.1) is 0 Å². The highest BCUT2D eigenvalue weighted by Gasteiger charge is 2.19. The summed E-state index contributed by atoms with van der Waals surface area (Å²) in [5, 5.41) is 8.12. The van der Waals surface area contributed by atoms with E-state index in [-0.39, 0.29) is 0 Å². The van der Waals surface area contributed by atoms with E-state index in [4.69, 9.17) is 19.9 Å². The van der Waals surface area contributed by atoms with Gasteiger partial charge >= 0.3 is 0 Å². The Hall–Kier alpha value is -6.60. The highest BCUT2D eigenvalue weighted by molar-refractivity contribution is 7.26. The molecule has 0 aliphatic carbocycles. The molecule has 0 N–H and O–H groups in total. The summed E-state index contributed by atoms with van der Waals surface area (Å²) in [4.78, 5) is 20.4. The number of nitrogens with zero attached hydrogens (tertiary/aromatic N) is 4. The fraction of sp³-hybridized carbons (Fsp3) is 0. The van der Waals surface area contributed by atoms with Gasteiger partial charge < -0.3 is 0 Å². The molecule has 8 aromatic carbocycles. The lowest BCUT2D eigenvalue weighted by atomic mass is 9.92. The summed E-state index contributed by atoms with van der Waals surface area (Å²) in [5.41, 5.74) is 7.44. The quantitative estimate of drug-likeness (QED) is 0.177. The van der Waals surface area contributed by atoms with Gasteiger partial charge in [0, 0.05) is 42.4 Å². The van der Waals surface area contributed by atoms with Crippen molar-refractivity contribution >= 4 is 74.6 Å². The molecule has 252 valence electrons. The van der Waals surface area contributed by atoms with Crippen molar-refractivity contribution in [3.8, 4) is 55.9 Å². The summed E-state index contributed by atoms with van der Waals surface area (Å²) in [6.45, 7) is 0. The number of thiophene rings is 1. The lowest BCUT2D eigenvalue weighted by Crippen LogP contribution is -2.00. The van der Waals surface area contributed by atoms with Crippen molar-refractivity contribution in [1.82, 2.24) is 19.9 Å². The molecule has 0 saturated heterocycles. The molecule has 3 aromatic heterocycles. The first kappa shape index (κ1) is 31.0. The molecule has 6 heteroatoms. The molecule has 11 rings (SSSR count). The maximum absolute atomic E-state index is 5.17. The lowest BCUT2D eigenvalue weighted by Gasteiger charge is -2.14. The first-order valence-electron chi connectivity index (χ1n) is 17.9. The van der Waals surface area contributed by atoms with Crippen molar-refractivity contribution < 1.29 is 0 Å². The maximum atomic E-state index is 5.17. The van der Waals surface area contributed by atoms with E-state index in [0.29, 0.717) is 17.5 Å². The van der Waals surface area contributed by atoms with Crippen molar-refractivity contribution in [2.75, 3.05) is 0 Å². The van der Waals surface area contributed by atoms with E-state index in [0.717, 1.165) is 48.9 Å². The van der Waals surface area contributed by atoms with Crippen molar-refractivity contribution in [2.24, 2.45) is 0 Å². The van der Waals surface area contributed by atoms with Crippen molar-refractivity contribution in [1.29, 1.82) is 0 Å². The van der Waals surface area contributed by atoms with E-state index in [1.165, 1.54) is 41.4 Å². The predicted molar refractivity (Wildman–Crippen MR) is 228 cm³/mol. The topological polar surface area (TPSA) is 51.6 Å². The van der Waals surface area contributed by atoms with Crippen LogP contribution in [0.3, 0.4) is 0 Å². The molecule has 0 unspecified atom stereocenters. The minimum absolute atomic E-state index is 0.647. The van der Waals surface area contributed by atoms with Gasteiger partial charge in [-0.3, -0.25) is 0 Å². The third kappa shape index (κ3) is 5.18. The van der Waals surface area contributed by atoms with Crippen LogP contribution < -0.4 is 0 Å². The van der Waals surface area contributed by atoms with E-state index >= 15 is 0 Å². The van der Waals surface area contributed by atoms with Crippen molar-refractivity contribution in [2.45, 2.75) is 0 Å². The average molecular weight is 725 g/mol. The Balaban J connectivity index is 1.09. The van der Waals surface area contributed by atoms with Gasteiger partial charge in [-0.15, -0.1) is 22.7 Å². The molecule has 3 heterocycles. The molecule has 0 amide bonds. The summed E-state index contributed by atoms with van der Waals surface area (Å²) in [6.07, 6.45) is 0. The number of benzene rings is 8. The highest BCUT2D eigenvalue weighted by atomic mass is 32.1. The summed E-state index contributed by atoms with van der Waals surface area (Å²) >= 11 is 3.60. The Morgan fingerprint density at radius 3 is 1.81 bits per heavy atom. The van der Waals surface area contributed by atoms with Gasteiger partial charge in [0.1, 0.15) is 5.01 Å². The first-order chi connectivity index (χ1) is 26.7. The van der Waals surface area contributed by atoms with Gasteiger partial charge in [-0.25, -0.2) is 19.9 Å². The zero-order valence-electron chi connectivity index (χ0n) is 28.8. The second-order valence-corrected chi connectivity index (χ2v) is 15.5. The molecule has 54 heavy (non-hydrogen) atoms. The van der Waals surface area contributed by atoms with E-state index < -0.39 is 0 Å². The number of rotatable bonds is 5. The number of thiazole rings is 1. The van der Waals surface area contributed by atoms with Crippen molar-refractivity contribution in [3.05, 3.63) is 170 Å². The summed E-state index contributed by atoms with van der Waals surface area (Å²) in [5.74, 6) is 1.94. The van der Waals surface area contributed by atoms with Crippen LogP contribution in [-0.2, 0) is 0 Å². The largest absolute Gasteiger partial charge is 0.236 e.